The van der Waals surface area contributed by atoms with Crippen LogP contribution >= 0.6 is 0 Å². The summed E-state index contributed by atoms with van der Waals surface area (Å²) in [7, 11) is 0. The quantitative estimate of drug-likeness (QED) is 0.534. The molecule has 1 unspecified atom stereocenters. The van der Waals surface area contributed by atoms with Crippen LogP contribution in [0.5, 0.6) is 0 Å². The number of hydrogen-bond acceptors (Lipinski definition) is 0. The Hall–Kier alpha value is -0.326. The van der Waals surface area contributed by atoms with Gasteiger partial charge in [0, 0.05) is 0 Å². The topological polar surface area (TPSA) is 0 Å². The Morgan fingerprint density at radius 1 is 1.27 bits per heavy atom. The molecule has 0 nitrogen and oxygen atoms in total. The van der Waals surface area contributed by atoms with Gasteiger partial charge in [0.2, 0.25) is 0 Å². The van der Waals surface area contributed by atoms with Crippen LogP contribution in [0.25, 0.3) is 6.08 Å². The van der Waals surface area contributed by atoms with Crippen LogP contribution in [-0.4, -0.2) is 0 Å². The van der Waals surface area contributed by atoms with Gasteiger partial charge in [-0.3, -0.25) is 0 Å². The van der Waals surface area contributed by atoms with Crippen LogP contribution < -0.4 is 0 Å². The summed E-state index contributed by atoms with van der Waals surface area (Å²) in [6.07, 6.45) is 2.28. The third kappa shape index (κ3) is 1.11. The first kappa shape index (κ1) is 7.33. The van der Waals surface area contributed by atoms with Gasteiger partial charge in [-0.15, -0.1) is 0 Å². The maximum absolute atomic E-state index is 2.28. The molecule has 53 valence electrons. The van der Waals surface area contributed by atoms with Gasteiger partial charge < -0.3 is 0 Å². The fourth-order valence-corrected chi connectivity index (χ4v) is 1.98. The van der Waals surface area contributed by atoms with E-state index in [1.54, 1.807) is 0 Å². The number of allylic oxidation sites excluding steroid dienone is 1. The monoisotopic (exact) mass is 177 g/mol. The number of rotatable bonds is 0. The molecule has 11 heavy (non-hydrogen) atoms. The van der Waals surface area contributed by atoms with E-state index in [-0.39, 0.29) is 0 Å². The number of benzene rings is 1. The first-order valence-corrected chi connectivity index (χ1v) is 4.59. The zero-order valence-electron chi connectivity index (χ0n) is 6.46. The maximum atomic E-state index is 2.28. The van der Waals surface area contributed by atoms with E-state index in [0.717, 1.165) is 0 Å². The van der Waals surface area contributed by atoms with Gasteiger partial charge in [-0.1, -0.05) is 0 Å². The normalized spacial score (nSPS) is 21.1. The zero-order chi connectivity index (χ0) is 7.84. The van der Waals surface area contributed by atoms with E-state index in [1.165, 1.54) is 15.0 Å². The summed E-state index contributed by atoms with van der Waals surface area (Å²) in [5, 5.41) is 0. The second kappa shape index (κ2) is 2.62. The third-order valence-electron chi connectivity index (χ3n) is 2.24. The Labute approximate surface area is 78.7 Å². The van der Waals surface area contributed by atoms with Gasteiger partial charge in [0.15, 0.2) is 0 Å². The van der Waals surface area contributed by atoms with Crippen molar-refractivity contribution in [1.82, 2.24) is 0 Å². The van der Waals surface area contributed by atoms with Gasteiger partial charge in [-0.05, 0) is 0 Å². The van der Waals surface area contributed by atoms with Crippen molar-refractivity contribution >= 4 is 6.08 Å². The van der Waals surface area contributed by atoms with Crippen LogP contribution in [0.2, 0.25) is 0 Å². The van der Waals surface area contributed by atoms with Crippen molar-refractivity contribution in [3.05, 3.63) is 39.3 Å². The molecule has 2 rings (SSSR count). The standard InChI is InChI=1S/C10H9.Ti/c1-8-6-7-9-4-2-3-5-10(8)9;/h2-5,7-8H,1H3;. The average molecular weight is 177 g/mol. The van der Waals surface area contributed by atoms with E-state index in [9.17, 15) is 0 Å². The Morgan fingerprint density at radius 2 is 2.00 bits per heavy atom. The Balaban J connectivity index is 2.58. The molecule has 1 aliphatic carbocycles. The van der Waals surface area contributed by atoms with Gasteiger partial charge >= 0.3 is 78.6 Å². The summed E-state index contributed by atoms with van der Waals surface area (Å²) < 4.78 is 1.48. The summed E-state index contributed by atoms with van der Waals surface area (Å²) in [5.41, 5.74) is 2.88. The van der Waals surface area contributed by atoms with Crippen LogP contribution in [0.1, 0.15) is 24.0 Å². The summed E-state index contributed by atoms with van der Waals surface area (Å²) in [6, 6.07) is 8.61. The number of fused-ring (bicyclic) bond motifs is 1. The first-order chi connectivity index (χ1) is 5.29. The molecule has 0 aromatic heterocycles. The van der Waals surface area contributed by atoms with Crippen LogP contribution in [0, 0.1) is 0 Å². The molecule has 0 amide bonds. The molecule has 0 N–H and O–H groups in total. The average Bonchev–Trinajstić information content (AvgIpc) is 2.30. The summed E-state index contributed by atoms with van der Waals surface area (Å²) >= 11 is 2.20. The van der Waals surface area contributed by atoms with Crippen LogP contribution in [0.15, 0.2) is 28.1 Å². The predicted octanol–water partition coefficient (Wildman–Crippen LogP) is 2.69. The predicted molar refractivity (Wildman–Crippen MR) is 42.8 cm³/mol. The van der Waals surface area contributed by atoms with Crippen molar-refractivity contribution < 1.29 is 20.4 Å². The Bertz CT molecular complexity index is 312. The van der Waals surface area contributed by atoms with E-state index in [0.29, 0.717) is 5.92 Å². The van der Waals surface area contributed by atoms with Gasteiger partial charge in [-0.25, -0.2) is 0 Å². The molecule has 1 atom stereocenters. The van der Waals surface area contributed by atoms with E-state index in [2.05, 4.69) is 57.7 Å². The van der Waals surface area contributed by atoms with Crippen molar-refractivity contribution in [2.24, 2.45) is 0 Å². The zero-order valence-corrected chi connectivity index (χ0v) is 8.03. The summed E-state index contributed by atoms with van der Waals surface area (Å²) in [6.45, 7) is 2.26. The molecule has 0 heterocycles. The molecule has 0 bridgehead atoms. The molecule has 0 saturated carbocycles. The van der Waals surface area contributed by atoms with Crippen molar-refractivity contribution in [1.29, 1.82) is 0 Å². The molecule has 0 saturated heterocycles. The molecule has 0 spiro atoms. The molecular formula is C10H9Ti. The molecule has 0 radical (unpaired) electrons. The van der Waals surface area contributed by atoms with Crippen LogP contribution in [-0.2, 0) is 20.4 Å². The fraction of sp³-hybridized carbons (Fsp3) is 0.200. The van der Waals surface area contributed by atoms with E-state index >= 15 is 0 Å². The van der Waals surface area contributed by atoms with E-state index < -0.39 is 0 Å². The minimum atomic E-state index is 0.631. The van der Waals surface area contributed by atoms with E-state index in [4.69, 9.17) is 0 Å². The van der Waals surface area contributed by atoms with Crippen molar-refractivity contribution in [3.63, 3.8) is 0 Å². The molecule has 0 aliphatic heterocycles. The number of hydrogen-bond donors (Lipinski definition) is 0. The van der Waals surface area contributed by atoms with Gasteiger partial charge in [-0.2, -0.15) is 0 Å². The van der Waals surface area contributed by atoms with Crippen molar-refractivity contribution in [2.45, 2.75) is 12.8 Å². The molecular weight excluding hydrogens is 168 g/mol. The van der Waals surface area contributed by atoms with Crippen LogP contribution in [0.4, 0.5) is 0 Å². The summed E-state index contributed by atoms with van der Waals surface area (Å²) in [4.78, 5) is 0. The Morgan fingerprint density at radius 3 is 2.73 bits per heavy atom. The molecule has 1 aromatic carbocycles. The van der Waals surface area contributed by atoms with Gasteiger partial charge in [0.25, 0.3) is 0 Å². The van der Waals surface area contributed by atoms with Gasteiger partial charge in [0.1, 0.15) is 0 Å². The van der Waals surface area contributed by atoms with Crippen molar-refractivity contribution in [2.75, 3.05) is 0 Å². The van der Waals surface area contributed by atoms with E-state index in [1.807, 2.05) is 0 Å². The Kier molecular flexibility index (Phi) is 1.74. The van der Waals surface area contributed by atoms with Gasteiger partial charge in [0.05, 0.1) is 0 Å². The molecule has 1 heteroatoms. The third-order valence-corrected chi connectivity index (χ3v) is 3.14. The molecule has 0 fully saturated rings. The molecule has 1 aliphatic rings. The molecule has 1 aromatic rings. The first-order valence-electron chi connectivity index (χ1n) is 3.81. The SMILES string of the molecule is CC1[C]([Ti])=Cc2ccccc21. The second-order valence-corrected chi connectivity index (χ2v) is 3.85. The second-order valence-electron chi connectivity index (χ2n) is 2.95. The fourth-order valence-electron chi connectivity index (χ4n) is 1.50. The van der Waals surface area contributed by atoms with Crippen molar-refractivity contribution in [3.8, 4) is 0 Å². The minimum absolute atomic E-state index is 0.631. The van der Waals surface area contributed by atoms with Crippen LogP contribution in [0.3, 0.4) is 0 Å². The summed E-state index contributed by atoms with van der Waals surface area (Å²) in [5.74, 6) is 0.631.